The SMILES string of the molecule is C=CC(=O)N1CCN(c2nc(OC[C@@H]3CCCN3C)nc(OC(/C(N)=C\C)c3c(C)ccc4[nH]ncc34)c2O)C[C@@H]1CC#N. The molecule has 44 heavy (non-hydrogen) atoms. The number of ether oxygens (including phenoxy) is 2. The number of likely N-dealkylation sites (tertiary alicyclic amines) is 1. The highest BCUT2D eigenvalue weighted by atomic mass is 16.5. The van der Waals surface area contributed by atoms with E-state index in [1.54, 1.807) is 17.2 Å². The van der Waals surface area contributed by atoms with E-state index in [9.17, 15) is 15.2 Å². The summed E-state index contributed by atoms with van der Waals surface area (Å²) < 4.78 is 12.6. The predicted molar refractivity (Wildman–Crippen MR) is 165 cm³/mol. The fourth-order valence-corrected chi connectivity index (χ4v) is 5.92. The van der Waals surface area contributed by atoms with Crippen molar-refractivity contribution in [3.63, 3.8) is 0 Å². The highest BCUT2D eigenvalue weighted by molar-refractivity contribution is 5.87. The second-order valence-electron chi connectivity index (χ2n) is 11.2. The van der Waals surface area contributed by atoms with E-state index in [4.69, 9.17) is 15.2 Å². The van der Waals surface area contributed by atoms with Gasteiger partial charge in [-0.05, 0) is 58.0 Å². The second-order valence-corrected chi connectivity index (χ2v) is 11.2. The van der Waals surface area contributed by atoms with Gasteiger partial charge in [-0.25, -0.2) is 0 Å². The minimum Gasteiger partial charge on any atom is -0.501 e. The van der Waals surface area contributed by atoms with Crippen LogP contribution in [0.1, 0.15) is 43.4 Å². The van der Waals surface area contributed by atoms with Gasteiger partial charge in [0.15, 0.2) is 11.9 Å². The first-order valence-electron chi connectivity index (χ1n) is 14.8. The van der Waals surface area contributed by atoms with Crippen molar-refractivity contribution < 1.29 is 19.4 Å². The average Bonchev–Trinajstić information content (AvgIpc) is 3.68. The number of likely N-dealkylation sites (N-methyl/N-ethyl adjacent to an activating group) is 1. The van der Waals surface area contributed by atoms with E-state index in [2.05, 4.69) is 44.8 Å². The van der Waals surface area contributed by atoms with Crippen LogP contribution in [0.4, 0.5) is 5.82 Å². The summed E-state index contributed by atoms with van der Waals surface area (Å²) in [6, 6.07) is 5.87. The fraction of sp³-hybridized carbons (Fsp3) is 0.452. The quantitative estimate of drug-likeness (QED) is 0.292. The van der Waals surface area contributed by atoms with E-state index >= 15 is 0 Å². The lowest BCUT2D eigenvalue weighted by molar-refractivity contribution is -0.128. The lowest BCUT2D eigenvalue weighted by atomic mass is 9.97. The number of aromatic amines is 1. The number of hydrogen-bond donors (Lipinski definition) is 3. The third kappa shape index (κ3) is 6.12. The van der Waals surface area contributed by atoms with Crippen LogP contribution < -0.4 is 20.1 Å². The van der Waals surface area contributed by atoms with Crippen molar-refractivity contribution in [3.8, 4) is 23.7 Å². The lowest BCUT2D eigenvalue weighted by Crippen LogP contribution is -2.55. The number of aromatic nitrogens is 4. The van der Waals surface area contributed by atoms with Gasteiger partial charge in [-0.15, -0.1) is 0 Å². The summed E-state index contributed by atoms with van der Waals surface area (Å²) in [5, 5.41) is 29.1. The number of benzene rings is 1. The van der Waals surface area contributed by atoms with Crippen molar-refractivity contribution in [1.29, 1.82) is 5.26 Å². The zero-order valence-corrected chi connectivity index (χ0v) is 25.4. The number of hydrogen-bond acceptors (Lipinski definition) is 11. The number of aryl methyl sites for hydroxylation is 1. The molecule has 3 atom stereocenters. The number of nitrogens with zero attached hydrogens (tertiary/aromatic N) is 7. The van der Waals surface area contributed by atoms with Crippen LogP contribution in [-0.4, -0.2) is 92.9 Å². The molecule has 1 amide bonds. The number of nitrogens with one attached hydrogen (secondary N) is 1. The van der Waals surface area contributed by atoms with Gasteiger partial charge < -0.3 is 35.0 Å². The van der Waals surface area contributed by atoms with Crippen LogP contribution >= 0.6 is 0 Å². The van der Waals surface area contributed by atoms with Gasteiger partial charge in [-0.3, -0.25) is 9.89 Å². The number of amides is 1. The average molecular weight is 602 g/mol. The molecule has 0 bridgehead atoms. The molecular formula is C31H39N9O4. The number of piperazine rings is 1. The van der Waals surface area contributed by atoms with E-state index in [0.717, 1.165) is 41.4 Å². The molecule has 2 aromatic heterocycles. The zero-order chi connectivity index (χ0) is 31.4. The largest absolute Gasteiger partial charge is 0.501 e. The molecule has 0 saturated carbocycles. The van der Waals surface area contributed by atoms with Crippen molar-refractivity contribution in [1.82, 2.24) is 30.0 Å². The molecular weight excluding hydrogens is 562 g/mol. The summed E-state index contributed by atoms with van der Waals surface area (Å²) in [5.41, 5.74) is 9.46. The number of rotatable bonds is 10. The molecule has 2 aliphatic heterocycles. The fourth-order valence-electron chi connectivity index (χ4n) is 5.92. The van der Waals surface area contributed by atoms with Crippen molar-refractivity contribution in [3.05, 3.63) is 53.9 Å². The Balaban J connectivity index is 1.54. The number of H-pyrrole nitrogens is 1. The van der Waals surface area contributed by atoms with E-state index in [-0.39, 0.29) is 48.4 Å². The maximum Gasteiger partial charge on any atom is 0.322 e. The zero-order valence-electron chi connectivity index (χ0n) is 25.4. The summed E-state index contributed by atoms with van der Waals surface area (Å²) in [5.74, 6) is -0.449. The van der Waals surface area contributed by atoms with Gasteiger partial charge in [0, 0.05) is 42.3 Å². The summed E-state index contributed by atoms with van der Waals surface area (Å²) in [6.45, 7) is 9.64. The molecule has 0 radical (unpaired) electrons. The molecule has 5 rings (SSSR count). The Hall–Kier alpha value is -4.83. The van der Waals surface area contributed by atoms with Gasteiger partial charge in [0.1, 0.15) is 6.61 Å². The highest BCUT2D eigenvalue weighted by Gasteiger charge is 2.34. The number of fused-ring (bicyclic) bond motifs is 1. The number of allylic oxidation sites excluding steroid dienone is 1. The van der Waals surface area contributed by atoms with Gasteiger partial charge in [-0.1, -0.05) is 18.7 Å². The topological polar surface area (TPSA) is 170 Å². The molecule has 1 unspecified atom stereocenters. The van der Waals surface area contributed by atoms with Gasteiger partial charge in [-0.2, -0.15) is 20.3 Å². The maximum absolute atomic E-state index is 12.5. The number of carbonyl (C=O) groups excluding carboxylic acids is 1. The Morgan fingerprint density at radius 1 is 1.32 bits per heavy atom. The smallest absolute Gasteiger partial charge is 0.322 e. The van der Waals surface area contributed by atoms with Gasteiger partial charge in [0.05, 0.1) is 30.2 Å². The number of aromatic hydroxyl groups is 1. The minimum atomic E-state index is -0.808. The van der Waals surface area contributed by atoms with Crippen LogP contribution in [0.25, 0.3) is 10.9 Å². The Bertz CT molecular complexity index is 1600. The van der Waals surface area contributed by atoms with Crippen molar-refractivity contribution >= 4 is 22.6 Å². The molecule has 232 valence electrons. The second kappa shape index (κ2) is 13.2. The Morgan fingerprint density at radius 3 is 2.84 bits per heavy atom. The van der Waals surface area contributed by atoms with Gasteiger partial charge in [0.25, 0.3) is 5.88 Å². The first-order valence-corrected chi connectivity index (χ1v) is 14.8. The molecule has 2 saturated heterocycles. The van der Waals surface area contributed by atoms with Crippen LogP contribution in [0.15, 0.2) is 42.8 Å². The normalized spacial score (nSPS) is 20.0. The number of carbonyl (C=O) groups is 1. The van der Waals surface area contributed by atoms with E-state index in [1.807, 2.05) is 30.9 Å². The van der Waals surface area contributed by atoms with Crippen molar-refractivity contribution in [2.24, 2.45) is 5.73 Å². The number of nitrogens with two attached hydrogens (primary N) is 1. The third-order valence-corrected chi connectivity index (χ3v) is 8.47. The molecule has 3 aromatic rings. The summed E-state index contributed by atoms with van der Waals surface area (Å²) in [7, 11) is 2.06. The molecule has 0 spiro atoms. The van der Waals surface area contributed by atoms with Gasteiger partial charge >= 0.3 is 6.01 Å². The Morgan fingerprint density at radius 2 is 2.14 bits per heavy atom. The summed E-state index contributed by atoms with van der Waals surface area (Å²) in [4.78, 5) is 27.3. The van der Waals surface area contributed by atoms with Gasteiger partial charge in [0.2, 0.25) is 11.7 Å². The highest BCUT2D eigenvalue weighted by Crippen LogP contribution is 2.41. The van der Waals surface area contributed by atoms with Crippen LogP contribution in [-0.2, 0) is 4.79 Å². The number of anilines is 1. The first-order chi connectivity index (χ1) is 21.2. The molecule has 2 aliphatic rings. The van der Waals surface area contributed by atoms with E-state index < -0.39 is 12.1 Å². The standard InChI is InChI=1S/C31H39N9O4/c1-5-23(33)28(26-19(3)9-10-24-22(26)16-34-37-24)44-30-27(42)29(35-31(36-30)43-18-21-8-7-13-38(21)4)39-14-15-40(25(41)6-2)20(17-39)11-12-32/h5-6,9-10,16,20-21,28,42H,2,7-8,11,13-15,17-18,33H2,1,3-4H3,(H,34,37)/b23-5+/t20-,21-,28?/m0/s1. The monoisotopic (exact) mass is 601 g/mol. The number of nitriles is 1. The first kappa shape index (κ1) is 30.6. The predicted octanol–water partition coefficient (Wildman–Crippen LogP) is 2.94. The summed E-state index contributed by atoms with van der Waals surface area (Å²) >= 11 is 0. The van der Waals surface area contributed by atoms with E-state index in [1.165, 1.54) is 6.08 Å². The third-order valence-electron chi connectivity index (χ3n) is 8.47. The van der Waals surface area contributed by atoms with Crippen LogP contribution in [0, 0.1) is 18.3 Å². The molecule has 13 heteroatoms. The summed E-state index contributed by atoms with van der Waals surface area (Å²) in [6.07, 6.45) is 6.08. The molecule has 1 aromatic carbocycles. The Labute approximate surface area is 256 Å². The Kier molecular flexibility index (Phi) is 9.20. The molecule has 4 heterocycles. The van der Waals surface area contributed by atoms with E-state index in [0.29, 0.717) is 25.4 Å². The molecule has 0 aliphatic carbocycles. The minimum absolute atomic E-state index is 0.0468. The molecule has 2 fully saturated rings. The van der Waals surface area contributed by atoms with Crippen LogP contribution in [0.5, 0.6) is 17.6 Å². The lowest BCUT2D eigenvalue weighted by Gasteiger charge is -2.40. The molecule has 4 N–H and O–H groups in total. The molecule has 13 nitrogen and oxygen atoms in total. The van der Waals surface area contributed by atoms with Crippen molar-refractivity contribution in [2.75, 3.05) is 44.7 Å². The van der Waals surface area contributed by atoms with Crippen LogP contribution in [0.2, 0.25) is 0 Å². The maximum atomic E-state index is 12.5. The van der Waals surface area contributed by atoms with Crippen molar-refractivity contribution in [2.45, 2.75) is 51.3 Å². The van der Waals surface area contributed by atoms with Crippen LogP contribution in [0.3, 0.4) is 0 Å².